The Kier molecular flexibility index (Phi) is 24.3. The zero-order chi connectivity index (χ0) is 38.0. The quantitative estimate of drug-likeness (QED) is 0.0579. The minimum atomic E-state index is 0.0963. The van der Waals surface area contributed by atoms with Crippen molar-refractivity contribution in [3.05, 3.63) is 36.4 Å². The summed E-state index contributed by atoms with van der Waals surface area (Å²) in [5, 5.41) is 8.37. The predicted octanol–water partition coefficient (Wildman–Crippen LogP) is 13.2. The molecule has 0 aliphatic heterocycles. The first-order chi connectivity index (χ1) is 25.5. The van der Waals surface area contributed by atoms with Crippen LogP contribution in [0, 0.1) is 0 Å². The van der Waals surface area contributed by atoms with Gasteiger partial charge in [-0.05, 0) is 92.5 Å². The summed E-state index contributed by atoms with van der Waals surface area (Å²) < 4.78 is 0. The standard InChI is InChI=1S/C46H84N6/c1-10-19-20-21-22-23-24-25-26-27-28-29-30-31-32-39-44(47-45-40(49(11-2)12-3)35-33-36-41(45)50(13-4)14-5)48-46-42(51(15-6)16-7)37-34-38-43(46)52(17-8)18-9/h33-38,44,47-48H,10-32,39H2,1-9H3. The number of hydrogen-bond acceptors (Lipinski definition) is 6. The summed E-state index contributed by atoms with van der Waals surface area (Å²) in [4.78, 5) is 10.0. The average Bonchev–Trinajstić information content (AvgIpc) is 3.16. The SMILES string of the molecule is CCCCCCCCCCCCCCCCCC(Nc1c(N(CC)CC)cccc1N(CC)CC)Nc1c(N(CC)CC)cccc1N(CC)CC. The smallest absolute Gasteiger partial charge is 0.0966 e. The number of hydrogen-bond donors (Lipinski definition) is 2. The van der Waals surface area contributed by atoms with Crippen molar-refractivity contribution >= 4 is 34.1 Å². The Morgan fingerprint density at radius 3 is 0.865 bits per heavy atom. The second kappa shape index (κ2) is 27.8. The molecule has 0 radical (unpaired) electrons. The number of nitrogens with one attached hydrogen (secondary N) is 2. The van der Waals surface area contributed by atoms with E-state index in [-0.39, 0.29) is 6.17 Å². The van der Waals surface area contributed by atoms with E-state index in [4.69, 9.17) is 0 Å². The largest absolute Gasteiger partial charge is 0.370 e. The molecule has 6 nitrogen and oxygen atoms in total. The third-order valence-electron chi connectivity index (χ3n) is 11.2. The lowest BCUT2D eigenvalue weighted by molar-refractivity contribution is 0.526. The molecule has 2 aromatic rings. The summed E-state index contributed by atoms with van der Waals surface area (Å²) in [7, 11) is 0. The van der Waals surface area contributed by atoms with Crippen molar-refractivity contribution in [2.24, 2.45) is 0 Å². The van der Waals surface area contributed by atoms with Gasteiger partial charge in [-0.3, -0.25) is 0 Å². The van der Waals surface area contributed by atoms with Crippen LogP contribution < -0.4 is 30.2 Å². The number of benzene rings is 2. The van der Waals surface area contributed by atoms with Crippen LogP contribution in [0.3, 0.4) is 0 Å². The Balaban J connectivity index is 2.28. The van der Waals surface area contributed by atoms with Crippen LogP contribution in [0.2, 0.25) is 0 Å². The number of nitrogens with zero attached hydrogens (tertiary/aromatic N) is 4. The van der Waals surface area contributed by atoms with Gasteiger partial charge in [0.1, 0.15) is 0 Å². The fourth-order valence-electron chi connectivity index (χ4n) is 7.91. The van der Waals surface area contributed by atoms with Crippen LogP contribution in [-0.4, -0.2) is 58.5 Å². The van der Waals surface area contributed by atoms with E-state index >= 15 is 0 Å². The minimum Gasteiger partial charge on any atom is -0.370 e. The van der Waals surface area contributed by atoms with Gasteiger partial charge in [-0.15, -0.1) is 0 Å². The van der Waals surface area contributed by atoms with E-state index in [0.717, 1.165) is 58.8 Å². The molecule has 0 unspecified atom stereocenters. The molecular formula is C46H84N6. The highest BCUT2D eigenvalue weighted by Gasteiger charge is 2.23. The molecule has 0 saturated heterocycles. The van der Waals surface area contributed by atoms with Gasteiger partial charge in [-0.2, -0.15) is 0 Å². The average molecular weight is 721 g/mol. The maximum atomic E-state index is 4.19. The Morgan fingerprint density at radius 1 is 0.365 bits per heavy atom. The number of anilines is 6. The summed E-state index contributed by atoms with van der Waals surface area (Å²) >= 11 is 0. The molecule has 0 heterocycles. The van der Waals surface area contributed by atoms with Crippen LogP contribution in [0.25, 0.3) is 0 Å². The Hall–Kier alpha value is -2.76. The monoisotopic (exact) mass is 721 g/mol. The Labute approximate surface area is 323 Å². The van der Waals surface area contributed by atoms with Crippen molar-refractivity contribution in [1.29, 1.82) is 0 Å². The van der Waals surface area contributed by atoms with E-state index in [1.54, 1.807) is 0 Å². The highest BCUT2D eigenvalue weighted by Crippen LogP contribution is 2.40. The summed E-state index contributed by atoms with van der Waals surface area (Å²) in [6.07, 6.45) is 22.0. The van der Waals surface area contributed by atoms with E-state index < -0.39 is 0 Å². The first-order valence-electron chi connectivity index (χ1n) is 22.3. The second-order valence-corrected chi connectivity index (χ2v) is 14.6. The van der Waals surface area contributed by atoms with E-state index in [0.29, 0.717) is 0 Å². The van der Waals surface area contributed by atoms with Crippen molar-refractivity contribution in [2.45, 2.75) is 171 Å². The fraction of sp³-hybridized carbons (Fsp3) is 0.739. The summed E-state index contributed by atoms with van der Waals surface area (Å²) in [5.74, 6) is 0. The van der Waals surface area contributed by atoms with Crippen LogP contribution in [0.5, 0.6) is 0 Å². The van der Waals surface area contributed by atoms with Gasteiger partial charge >= 0.3 is 0 Å². The van der Waals surface area contributed by atoms with Gasteiger partial charge in [0.25, 0.3) is 0 Å². The van der Waals surface area contributed by atoms with Gasteiger partial charge in [0.05, 0.1) is 40.3 Å². The molecule has 0 amide bonds. The van der Waals surface area contributed by atoms with Crippen molar-refractivity contribution < 1.29 is 0 Å². The van der Waals surface area contributed by atoms with Crippen molar-refractivity contribution in [3.63, 3.8) is 0 Å². The molecule has 2 aromatic carbocycles. The van der Waals surface area contributed by atoms with Gasteiger partial charge < -0.3 is 30.2 Å². The summed E-state index contributed by atoms with van der Waals surface area (Å²) in [6, 6.07) is 13.8. The summed E-state index contributed by atoms with van der Waals surface area (Å²) in [5.41, 5.74) is 7.74. The highest BCUT2D eigenvalue weighted by molar-refractivity contribution is 5.87. The molecule has 298 valence electrons. The number of unbranched alkanes of at least 4 members (excludes halogenated alkanes) is 14. The molecule has 2 N–H and O–H groups in total. The van der Waals surface area contributed by atoms with Crippen LogP contribution in [0.15, 0.2) is 36.4 Å². The normalized spacial score (nSPS) is 11.3. The van der Waals surface area contributed by atoms with E-state index in [2.05, 4.69) is 129 Å². The van der Waals surface area contributed by atoms with E-state index in [1.807, 2.05) is 0 Å². The first-order valence-corrected chi connectivity index (χ1v) is 22.3. The zero-order valence-electron chi connectivity index (χ0n) is 35.8. The van der Waals surface area contributed by atoms with Crippen LogP contribution in [0.1, 0.15) is 165 Å². The van der Waals surface area contributed by atoms with Gasteiger partial charge in [0.15, 0.2) is 0 Å². The molecule has 0 aliphatic rings. The topological polar surface area (TPSA) is 37.0 Å². The predicted molar refractivity (Wildman–Crippen MR) is 238 cm³/mol. The summed E-state index contributed by atoms with van der Waals surface area (Å²) in [6.45, 7) is 28.4. The third kappa shape index (κ3) is 14.9. The van der Waals surface area contributed by atoms with Crippen LogP contribution in [-0.2, 0) is 0 Å². The molecule has 6 heteroatoms. The van der Waals surface area contributed by atoms with Crippen LogP contribution >= 0.6 is 0 Å². The van der Waals surface area contributed by atoms with Gasteiger partial charge in [0, 0.05) is 52.4 Å². The van der Waals surface area contributed by atoms with Crippen LogP contribution in [0.4, 0.5) is 34.1 Å². The molecule has 0 aromatic heterocycles. The molecular weight excluding hydrogens is 637 g/mol. The number of para-hydroxylation sites is 2. The van der Waals surface area contributed by atoms with E-state index in [9.17, 15) is 0 Å². The maximum absolute atomic E-state index is 4.19. The molecule has 0 aliphatic carbocycles. The lowest BCUT2D eigenvalue weighted by atomic mass is 10.0. The maximum Gasteiger partial charge on any atom is 0.0966 e. The van der Waals surface area contributed by atoms with Gasteiger partial charge in [-0.1, -0.05) is 109 Å². The van der Waals surface area contributed by atoms with Gasteiger partial charge in [-0.25, -0.2) is 0 Å². The molecule has 0 fully saturated rings. The number of rotatable bonds is 32. The molecule has 2 rings (SSSR count). The lowest BCUT2D eigenvalue weighted by Crippen LogP contribution is -2.35. The third-order valence-corrected chi connectivity index (χ3v) is 11.2. The Morgan fingerprint density at radius 2 is 0.615 bits per heavy atom. The first kappa shape index (κ1) is 45.4. The van der Waals surface area contributed by atoms with Gasteiger partial charge in [0.2, 0.25) is 0 Å². The Bertz CT molecular complexity index is 1020. The van der Waals surface area contributed by atoms with Crippen molar-refractivity contribution in [3.8, 4) is 0 Å². The second-order valence-electron chi connectivity index (χ2n) is 14.6. The van der Waals surface area contributed by atoms with E-state index in [1.165, 1.54) is 130 Å². The fourth-order valence-corrected chi connectivity index (χ4v) is 7.91. The van der Waals surface area contributed by atoms with Crippen molar-refractivity contribution in [2.75, 3.05) is 82.6 Å². The highest BCUT2D eigenvalue weighted by atomic mass is 15.2. The molecule has 52 heavy (non-hydrogen) atoms. The molecule has 0 spiro atoms. The van der Waals surface area contributed by atoms with Crippen molar-refractivity contribution in [1.82, 2.24) is 0 Å². The minimum absolute atomic E-state index is 0.0963. The lowest BCUT2D eigenvalue weighted by Gasteiger charge is -2.35. The molecule has 0 bridgehead atoms. The zero-order valence-corrected chi connectivity index (χ0v) is 35.8. The molecule has 0 atom stereocenters. The molecule has 0 saturated carbocycles.